The van der Waals surface area contributed by atoms with E-state index < -0.39 is 0 Å². The lowest BCUT2D eigenvalue weighted by atomic mass is 9.94. The van der Waals surface area contributed by atoms with Crippen LogP contribution in [-0.4, -0.2) is 49.6 Å². The van der Waals surface area contributed by atoms with Crippen LogP contribution in [0, 0.1) is 5.92 Å². The maximum Gasteiger partial charge on any atom is 0.0465 e. The SMILES string of the molecule is CC(C)Cc1cccc(C(N)C2CN(C)CCN2C)c1. The third kappa shape index (κ3) is 3.81. The highest BCUT2D eigenvalue weighted by Crippen LogP contribution is 2.22. The fraction of sp³-hybridized carbons (Fsp3) is 0.647. The van der Waals surface area contributed by atoms with E-state index in [4.69, 9.17) is 5.73 Å². The molecule has 0 aliphatic carbocycles. The molecule has 3 nitrogen and oxygen atoms in total. The molecule has 0 bridgehead atoms. The van der Waals surface area contributed by atoms with E-state index in [9.17, 15) is 0 Å². The van der Waals surface area contributed by atoms with Crippen molar-refractivity contribution in [2.75, 3.05) is 33.7 Å². The van der Waals surface area contributed by atoms with Gasteiger partial charge in [-0.1, -0.05) is 38.1 Å². The van der Waals surface area contributed by atoms with Gasteiger partial charge in [0.1, 0.15) is 0 Å². The Kier molecular flexibility index (Phi) is 5.19. The lowest BCUT2D eigenvalue weighted by molar-refractivity contribution is 0.0974. The molecule has 1 heterocycles. The molecule has 2 unspecified atom stereocenters. The van der Waals surface area contributed by atoms with Gasteiger partial charge in [0, 0.05) is 31.7 Å². The number of nitrogens with two attached hydrogens (primary N) is 1. The van der Waals surface area contributed by atoms with Gasteiger partial charge in [-0.3, -0.25) is 4.90 Å². The van der Waals surface area contributed by atoms with Crippen molar-refractivity contribution < 1.29 is 0 Å². The summed E-state index contributed by atoms with van der Waals surface area (Å²) in [6.45, 7) is 7.80. The average Bonchev–Trinajstić information content (AvgIpc) is 2.40. The highest BCUT2D eigenvalue weighted by atomic mass is 15.3. The van der Waals surface area contributed by atoms with Gasteiger partial charge in [0.2, 0.25) is 0 Å². The zero-order valence-corrected chi connectivity index (χ0v) is 13.3. The molecule has 0 saturated carbocycles. The summed E-state index contributed by atoms with van der Waals surface area (Å²) < 4.78 is 0. The van der Waals surface area contributed by atoms with Crippen molar-refractivity contribution in [2.45, 2.75) is 32.4 Å². The van der Waals surface area contributed by atoms with Crippen LogP contribution in [-0.2, 0) is 6.42 Å². The molecule has 3 heteroatoms. The van der Waals surface area contributed by atoms with E-state index in [0.29, 0.717) is 12.0 Å². The third-order valence-electron chi connectivity index (χ3n) is 4.29. The highest BCUT2D eigenvalue weighted by molar-refractivity contribution is 5.27. The molecule has 1 aromatic rings. The molecule has 0 amide bonds. The van der Waals surface area contributed by atoms with Crippen LogP contribution < -0.4 is 5.73 Å². The molecule has 1 aromatic carbocycles. The first-order chi connectivity index (χ1) is 9.47. The molecule has 112 valence electrons. The van der Waals surface area contributed by atoms with E-state index in [1.807, 2.05) is 0 Å². The first-order valence-corrected chi connectivity index (χ1v) is 7.70. The fourth-order valence-electron chi connectivity index (χ4n) is 3.05. The maximum absolute atomic E-state index is 6.55. The summed E-state index contributed by atoms with van der Waals surface area (Å²) in [6.07, 6.45) is 1.13. The number of benzene rings is 1. The molecule has 1 saturated heterocycles. The first kappa shape index (κ1) is 15.5. The zero-order valence-electron chi connectivity index (χ0n) is 13.3. The summed E-state index contributed by atoms with van der Waals surface area (Å²) in [5, 5.41) is 0. The van der Waals surface area contributed by atoms with Crippen LogP contribution in [0.4, 0.5) is 0 Å². The largest absolute Gasteiger partial charge is 0.323 e. The lowest BCUT2D eigenvalue weighted by Gasteiger charge is -2.40. The fourth-order valence-corrected chi connectivity index (χ4v) is 3.05. The van der Waals surface area contributed by atoms with Crippen molar-refractivity contribution >= 4 is 0 Å². The van der Waals surface area contributed by atoms with Crippen LogP contribution in [0.1, 0.15) is 31.0 Å². The number of nitrogens with zero attached hydrogens (tertiary/aromatic N) is 2. The Morgan fingerprint density at radius 2 is 2.00 bits per heavy atom. The van der Waals surface area contributed by atoms with Gasteiger partial charge in [-0.25, -0.2) is 0 Å². The van der Waals surface area contributed by atoms with Gasteiger partial charge in [0.15, 0.2) is 0 Å². The normalized spacial score (nSPS) is 23.2. The van der Waals surface area contributed by atoms with E-state index >= 15 is 0 Å². The van der Waals surface area contributed by atoms with E-state index in [-0.39, 0.29) is 6.04 Å². The summed E-state index contributed by atoms with van der Waals surface area (Å²) in [6, 6.07) is 9.34. The van der Waals surface area contributed by atoms with Crippen LogP contribution in [0.15, 0.2) is 24.3 Å². The number of piperazine rings is 1. The summed E-state index contributed by atoms with van der Waals surface area (Å²) in [5.41, 5.74) is 9.23. The second-order valence-corrected chi connectivity index (χ2v) is 6.68. The number of rotatable bonds is 4. The Hall–Kier alpha value is -0.900. The zero-order chi connectivity index (χ0) is 14.7. The Balaban J connectivity index is 2.13. The minimum atomic E-state index is 0.0925. The van der Waals surface area contributed by atoms with Gasteiger partial charge >= 0.3 is 0 Å². The highest BCUT2D eigenvalue weighted by Gasteiger charge is 2.28. The molecular weight excluding hydrogens is 246 g/mol. The van der Waals surface area contributed by atoms with Gasteiger partial charge < -0.3 is 10.6 Å². The van der Waals surface area contributed by atoms with Crippen molar-refractivity contribution in [1.29, 1.82) is 0 Å². The van der Waals surface area contributed by atoms with E-state index in [1.54, 1.807) is 0 Å². The van der Waals surface area contributed by atoms with Gasteiger partial charge in [-0.2, -0.15) is 0 Å². The van der Waals surface area contributed by atoms with Crippen LogP contribution in [0.5, 0.6) is 0 Å². The minimum absolute atomic E-state index is 0.0925. The van der Waals surface area contributed by atoms with Crippen molar-refractivity contribution in [3.63, 3.8) is 0 Å². The third-order valence-corrected chi connectivity index (χ3v) is 4.29. The molecule has 1 aliphatic heterocycles. The molecule has 0 spiro atoms. The Bertz CT molecular complexity index is 430. The number of hydrogen-bond donors (Lipinski definition) is 1. The quantitative estimate of drug-likeness (QED) is 0.913. The van der Waals surface area contributed by atoms with Crippen LogP contribution in [0.2, 0.25) is 0 Å². The van der Waals surface area contributed by atoms with Crippen LogP contribution in [0.25, 0.3) is 0 Å². The van der Waals surface area contributed by atoms with Crippen LogP contribution in [0.3, 0.4) is 0 Å². The Morgan fingerprint density at radius 3 is 2.70 bits per heavy atom. The molecule has 2 N–H and O–H groups in total. The molecule has 1 fully saturated rings. The first-order valence-electron chi connectivity index (χ1n) is 7.70. The van der Waals surface area contributed by atoms with Gasteiger partial charge in [0.25, 0.3) is 0 Å². The monoisotopic (exact) mass is 275 g/mol. The van der Waals surface area contributed by atoms with Crippen molar-refractivity contribution in [1.82, 2.24) is 9.80 Å². The second kappa shape index (κ2) is 6.70. The summed E-state index contributed by atoms with van der Waals surface area (Å²) in [5.74, 6) is 0.685. The van der Waals surface area contributed by atoms with Crippen molar-refractivity contribution in [2.24, 2.45) is 11.7 Å². The van der Waals surface area contributed by atoms with Crippen molar-refractivity contribution in [3.05, 3.63) is 35.4 Å². The van der Waals surface area contributed by atoms with Gasteiger partial charge in [-0.05, 0) is 37.6 Å². The minimum Gasteiger partial charge on any atom is -0.323 e. The molecule has 0 aromatic heterocycles. The smallest absolute Gasteiger partial charge is 0.0465 e. The van der Waals surface area contributed by atoms with E-state index in [1.165, 1.54) is 11.1 Å². The van der Waals surface area contributed by atoms with Gasteiger partial charge in [-0.15, -0.1) is 0 Å². The van der Waals surface area contributed by atoms with E-state index in [2.05, 4.69) is 62.0 Å². The molecule has 20 heavy (non-hydrogen) atoms. The molecule has 1 aliphatic rings. The Labute approximate surface area is 123 Å². The van der Waals surface area contributed by atoms with Gasteiger partial charge in [0.05, 0.1) is 0 Å². The lowest BCUT2D eigenvalue weighted by Crippen LogP contribution is -2.54. The molecular formula is C17H29N3. The number of hydrogen-bond acceptors (Lipinski definition) is 3. The number of likely N-dealkylation sites (N-methyl/N-ethyl adjacent to an activating group) is 2. The predicted octanol–water partition coefficient (Wildman–Crippen LogP) is 2.13. The summed E-state index contributed by atoms with van der Waals surface area (Å²) in [7, 11) is 4.37. The van der Waals surface area contributed by atoms with Crippen molar-refractivity contribution in [3.8, 4) is 0 Å². The predicted molar refractivity (Wildman–Crippen MR) is 85.8 cm³/mol. The Morgan fingerprint density at radius 1 is 1.25 bits per heavy atom. The maximum atomic E-state index is 6.55. The van der Waals surface area contributed by atoms with E-state index in [0.717, 1.165) is 26.1 Å². The standard InChI is InChI=1S/C17H29N3/c1-13(2)10-14-6-5-7-15(11-14)17(18)16-12-19(3)8-9-20(16)4/h5-7,11,13,16-17H,8-10,12,18H2,1-4H3. The summed E-state index contributed by atoms with van der Waals surface area (Å²) in [4.78, 5) is 4.78. The molecule has 2 rings (SSSR count). The second-order valence-electron chi connectivity index (χ2n) is 6.68. The molecule has 0 radical (unpaired) electrons. The average molecular weight is 275 g/mol. The van der Waals surface area contributed by atoms with Crippen LogP contribution >= 0.6 is 0 Å². The topological polar surface area (TPSA) is 32.5 Å². The molecule has 2 atom stereocenters. The summed E-state index contributed by atoms with van der Waals surface area (Å²) >= 11 is 0.